The van der Waals surface area contributed by atoms with Crippen LogP contribution in [0.1, 0.15) is 12.0 Å². The van der Waals surface area contributed by atoms with Crippen LogP contribution in [-0.4, -0.2) is 19.6 Å². The van der Waals surface area contributed by atoms with Gasteiger partial charge in [0.05, 0.1) is 19.1 Å². The van der Waals surface area contributed by atoms with Crippen molar-refractivity contribution in [3.63, 3.8) is 0 Å². The lowest BCUT2D eigenvalue weighted by molar-refractivity contribution is -0.117. The maximum Gasteiger partial charge on any atom is 0.228 e. The molecule has 88 valence electrons. The Labute approximate surface area is 100 Å². The number of hydrogen-bond acceptors (Lipinski definition) is 3. The third-order valence-corrected chi connectivity index (χ3v) is 3.00. The fourth-order valence-corrected chi connectivity index (χ4v) is 2.08. The van der Waals surface area contributed by atoms with E-state index in [4.69, 9.17) is 10.00 Å². The Kier molecular flexibility index (Phi) is 3.01. The summed E-state index contributed by atoms with van der Waals surface area (Å²) in [5, 5.41) is 8.85. The van der Waals surface area contributed by atoms with Gasteiger partial charge in [-0.05, 0) is 30.7 Å². The van der Waals surface area contributed by atoms with Gasteiger partial charge in [-0.15, -0.1) is 0 Å². The number of carbonyl (C=O) groups is 1. The van der Waals surface area contributed by atoms with Crippen molar-refractivity contribution < 1.29 is 9.53 Å². The first kappa shape index (κ1) is 11.5. The highest BCUT2D eigenvalue weighted by atomic mass is 16.5. The Bertz CT molecular complexity index is 491. The number of methoxy groups -OCH3 is 1. The number of rotatable bonds is 2. The second-order valence-electron chi connectivity index (χ2n) is 4.19. The van der Waals surface area contributed by atoms with Crippen LogP contribution < -0.4 is 9.64 Å². The molecule has 1 amide bonds. The quantitative estimate of drug-likeness (QED) is 0.779. The van der Waals surface area contributed by atoms with Gasteiger partial charge in [0.1, 0.15) is 5.75 Å². The molecule has 1 saturated heterocycles. The largest absolute Gasteiger partial charge is 0.497 e. The van der Waals surface area contributed by atoms with Crippen LogP contribution >= 0.6 is 0 Å². The van der Waals surface area contributed by atoms with E-state index in [1.807, 2.05) is 25.1 Å². The Morgan fingerprint density at radius 1 is 1.53 bits per heavy atom. The molecule has 0 radical (unpaired) electrons. The normalized spacial score (nSPS) is 19.2. The molecule has 1 heterocycles. The van der Waals surface area contributed by atoms with Crippen LogP contribution in [0.15, 0.2) is 18.2 Å². The molecular formula is C13H14N2O2. The lowest BCUT2D eigenvalue weighted by atomic mass is 10.1. The van der Waals surface area contributed by atoms with Gasteiger partial charge < -0.3 is 9.64 Å². The van der Waals surface area contributed by atoms with Gasteiger partial charge in [0.2, 0.25) is 5.91 Å². The Hall–Kier alpha value is -2.02. The number of amides is 1. The summed E-state index contributed by atoms with van der Waals surface area (Å²) in [5.74, 6) is 0.601. The van der Waals surface area contributed by atoms with Crippen LogP contribution in [0.25, 0.3) is 0 Å². The molecule has 2 rings (SSSR count). The van der Waals surface area contributed by atoms with E-state index in [1.165, 1.54) is 0 Å². The van der Waals surface area contributed by atoms with Gasteiger partial charge in [-0.2, -0.15) is 5.26 Å². The van der Waals surface area contributed by atoms with E-state index in [0.717, 1.165) is 17.0 Å². The molecule has 0 spiro atoms. The maximum absolute atomic E-state index is 11.8. The number of benzene rings is 1. The van der Waals surface area contributed by atoms with E-state index in [0.29, 0.717) is 13.0 Å². The fraction of sp³-hybridized carbons (Fsp3) is 0.385. The molecule has 0 N–H and O–H groups in total. The average molecular weight is 230 g/mol. The minimum atomic E-state index is -0.191. The van der Waals surface area contributed by atoms with Crippen molar-refractivity contribution in [3.05, 3.63) is 23.8 Å². The maximum atomic E-state index is 11.8. The van der Waals surface area contributed by atoms with Crippen LogP contribution in [0.4, 0.5) is 5.69 Å². The molecule has 1 unspecified atom stereocenters. The summed E-state index contributed by atoms with van der Waals surface area (Å²) >= 11 is 0. The molecule has 1 aliphatic heterocycles. The molecule has 4 nitrogen and oxygen atoms in total. The Balaban J connectivity index is 2.29. The third kappa shape index (κ3) is 2.09. The van der Waals surface area contributed by atoms with Crippen molar-refractivity contribution in [1.29, 1.82) is 5.26 Å². The molecule has 0 bridgehead atoms. The monoisotopic (exact) mass is 230 g/mol. The zero-order valence-corrected chi connectivity index (χ0v) is 9.93. The van der Waals surface area contributed by atoms with Crippen molar-refractivity contribution in [2.45, 2.75) is 13.3 Å². The van der Waals surface area contributed by atoms with E-state index in [9.17, 15) is 4.79 Å². The Morgan fingerprint density at radius 3 is 2.82 bits per heavy atom. The van der Waals surface area contributed by atoms with Gasteiger partial charge in [-0.3, -0.25) is 4.79 Å². The summed E-state index contributed by atoms with van der Waals surface area (Å²) in [7, 11) is 1.61. The van der Waals surface area contributed by atoms with Crippen LogP contribution in [-0.2, 0) is 4.79 Å². The molecule has 0 aliphatic carbocycles. The summed E-state index contributed by atoms with van der Waals surface area (Å²) in [4.78, 5) is 13.5. The molecule has 1 aliphatic rings. The first-order valence-electron chi connectivity index (χ1n) is 5.50. The highest BCUT2D eigenvalue weighted by molar-refractivity contribution is 5.96. The molecule has 1 fully saturated rings. The lowest BCUT2D eigenvalue weighted by Crippen LogP contribution is -2.25. The standard InChI is InChI=1S/C13H14N2O2/c1-9-5-11(17-2)3-4-12(9)15-8-10(7-14)6-13(15)16/h3-5,10H,6,8H2,1-2H3. The highest BCUT2D eigenvalue weighted by Gasteiger charge is 2.31. The molecule has 1 aromatic rings. The van der Waals surface area contributed by atoms with E-state index >= 15 is 0 Å². The SMILES string of the molecule is COc1ccc(N2CC(C#N)CC2=O)c(C)c1. The number of nitriles is 1. The second-order valence-corrected chi connectivity index (χ2v) is 4.19. The number of hydrogen-bond donors (Lipinski definition) is 0. The predicted molar refractivity (Wildman–Crippen MR) is 63.8 cm³/mol. The topological polar surface area (TPSA) is 53.3 Å². The van der Waals surface area contributed by atoms with E-state index in [-0.39, 0.29) is 11.8 Å². The van der Waals surface area contributed by atoms with Crippen LogP contribution in [0, 0.1) is 24.2 Å². The summed E-state index contributed by atoms with van der Waals surface area (Å²) in [6, 6.07) is 7.74. The fourth-order valence-electron chi connectivity index (χ4n) is 2.08. The molecule has 1 atom stereocenters. The number of anilines is 1. The number of ether oxygens (including phenoxy) is 1. The number of nitrogens with zero attached hydrogens (tertiary/aromatic N) is 2. The van der Waals surface area contributed by atoms with E-state index in [1.54, 1.807) is 12.0 Å². The third-order valence-electron chi connectivity index (χ3n) is 3.00. The van der Waals surface area contributed by atoms with Gasteiger partial charge in [-0.25, -0.2) is 0 Å². The average Bonchev–Trinajstić information content (AvgIpc) is 2.70. The minimum Gasteiger partial charge on any atom is -0.497 e. The zero-order valence-electron chi connectivity index (χ0n) is 9.93. The lowest BCUT2D eigenvalue weighted by Gasteiger charge is -2.18. The first-order chi connectivity index (χ1) is 8.15. The van der Waals surface area contributed by atoms with Crippen molar-refractivity contribution >= 4 is 11.6 Å². The van der Waals surface area contributed by atoms with Crippen LogP contribution in [0.5, 0.6) is 5.75 Å². The first-order valence-corrected chi connectivity index (χ1v) is 5.50. The second kappa shape index (κ2) is 4.46. The number of aryl methyl sites for hydroxylation is 1. The van der Waals surface area contributed by atoms with Crippen molar-refractivity contribution in [2.75, 3.05) is 18.6 Å². The van der Waals surface area contributed by atoms with Crippen molar-refractivity contribution in [1.82, 2.24) is 0 Å². The minimum absolute atomic E-state index is 0.0183. The van der Waals surface area contributed by atoms with Crippen molar-refractivity contribution in [3.8, 4) is 11.8 Å². The predicted octanol–water partition coefficient (Wildman–Crippen LogP) is 1.88. The smallest absolute Gasteiger partial charge is 0.228 e. The van der Waals surface area contributed by atoms with Gasteiger partial charge in [0, 0.05) is 18.7 Å². The zero-order chi connectivity index (χ0) is 12.4. The molecular weight excluding hydrogens is 216 g/mol. The van der Waals surface area contributed by atoms with Gasteiger partial charge in [0.15, 0.2) is 0 Å². The molecule has 0 saturated carbocycles. The van der Waals surface area contributed by atoms with Crippen molar-refractivity contribution in [2.24, 2.45) is 5.92 Å². The van der Waals surface area contributed by atoms with E-state index in [2.05, 4.69) is 6.07 Å². The summed E-state index contributed by atoms with van der Waals surface area (Å²) in [6.07, 6.45) is 0.321. The highest BCUT2D eigenvalue weighted by Crippen LogP contribution is 2.29. The van der Waals surface area contributed by atoms with Gasteiger partial charge in [0.25, 0.3) is 0 Å². The van der Waals surface area contributed by atoms with Crippen LogP contribution in [0.2, 0.25) is 0 Å². The Morgan fingerprint density at radius 2 is 2.29 bits per heavy atom. The van der Waals surface area contributed by atoms with E-state index < -0.39 is 0 Å². The number of carbonyl (C=O) groups excluding carboxylic acids is 1. The molecule has 0 aromatic heterocycles. The molecule has 4 heteroatoms. The summed E-state index contributed by atoms with van der Waals surface area (Å²) in [6.45, 7) is 2.42. The molecule has 17 heavy (non-hydrogen) atoms. The summed E-state index contributed by atoms with van der Waals surface area (Å²) < 4.78 is 5.13. The van der Waals surface area contributed by atoms with Crippen LogP contribution in [0.3, 0.4) is 0 Å². The molecule has 1 aromatic carbocycles. The van der Waals surface area contributed by atoms with Gasteiger partial charge >= 0.3 is 0 Å². The summed E-state index contributed by atoms with van der Waals surface area (Å²) in [5.41, 5.74) is 1.85. The van der Waals surface area contributed by atoms with Gasteiger partial charge in [-0.1, -0.05) is 0 Å².